The van der Waals surface area contributed by atoms with Crippen molar-refractivity contribution in [2.75, 3.05) is 25.0 Å². The SMILES string of the molecule is Cc1cc(C(C)(C)C)ccc1N(C)CC1CCCN1. The van der Waals surface area contributed by atoms with Crippen LogP contribution in [-0.4, -0.2) is 26.2 Å². The van der Waals surface area contributed by atoms with Gasteiger partial charge in [0, 0.05) is 25.3 Å². The van der Waals surface area contributed by atoms with E-state index in [9.17, 15) is 0 Å². The van der Waals surface area contributed by atoms with Crippen molar-refractivity contribution in [2.24, 2.45) is 0 Å². The van der Waals surface area contributed by atoms with Crippen LogP contribution in [0.15, 0.2) is 18.2 Å². The van der Waals surface area contributed by atoms with Gasteiger partial charge in [-0.25, -0.2) is 0 Å². The molecule has 1 aromatic rings. The second kappa shape index (κ2) is 5.54. The molecule has 0 spiro atoms. The van der Waals surface area contributed by atoms with E-state index in [1.165, 1.54) is 36.2 Å². The molecule has 0 bridgehead atoms. The first kappa shape index (κ1) is 14.4. The van der Waals surface area contributed by atoms with Gasteiger partial charge in [0.15, 0.2) is 0 Å². The Morgan fingerprint density at radius 3 is 2.58 bits per heavy atom. The van der Waals surface area contributed by atoms with Gasteiger partial charge in [-0.2, -0.15) is 0 Å². The highest BCUT2D eigenvalue weighted by atomic mass is 15.1. The molecule has 0 aromatic heterocycles. The summed E-state index contributed by atoms with van der Waals surface area (Å²) in [7, 11) is 2.21. The molecule has 0 radical (unpaired) electrons. The standard InChI is InChI=1S/C17H28N2/c1-13-11-14(17(2,3)4)8-9-16(13)19(5)12-15-7-6-10-18-15/h8-9,11,15,18H,6-7,10,12H2,1-5H3. The van der Waals surface area contributed by atoms with Gasteiger partial charge in [-0.1, -0.05) is 32.9 Å². The van der Waals surface area contributed by atoms with Crippen molar-refractivity contribution in [3.05, 3.63) is 29.3 Å². The van der Waals surface area contributed by atoms with Crippen molar-refractivity contribution >= 4 is 5.69 Å². The average Bonchev–Trinajstić information content (AvgIpc) is 2.80. The second-order valence-electron chi connectivity index (χ2n) is 6.93. The van der Waals surface area contributed by atoms with Crippen LogP contribution in [0.3, 0.4) is 0 Å². The highest BCUT2D eigenvalue weighted by Crippen LogP contribution is 2.28. The molecule has 1 heterocycles. The molecule has 2 nitrogen and oxygen atoms in total. The van der Waals surface area contributed by atoms with Crippen LogP contribution in [-0.2, 0) is 5.41 Å². The molecule has 2 heteroatoms. The summed E-state index contributed by atoms with van der Waals surface area (Å²) >= 11 is 0. The summed E-state index contributed by atoms with van der Waals surface area (Å²) in [5, 5.41) is 3.57. The summed E-state index contributed by atoms with van der Waals surface area (Å²) in [5.41, 5.74) is 4.39. The zero-order valence-corrected chi connectivity index (χ0v) is 13.1. The first-order valence-corrected chi connectivity index (χ1v) is 7.43. The van der Waals surface area contributed by atoms with Gasteiger partial charge in [0.1, 0.15) is 0 Å². The second-order valence-corrected chi connectivity index (χ2v) is 6.93. The lowest BCUT2D eigenvalue weighted by Gasteiger charge is -2.27. The molecule has 1 aliphatic heterocycles. The minimum atomic E-state index is 0.231. The third-order valence-electron chi connectivity index (χ3n) is 4.13. The summed E-state index contributed by atoms with van der Waals surface area (Å²) in [6.07, 6.45) is 2.63. The maximum Gasteiger partial charge on any atom is 0.0394 e. The maximum absolute atomic E-state index is 3.57. The van der Waals surface area contributed by atoms with Crippen LogP contribution in [0.2, 0.25) is 0 Å². The first-order chi connectivity index (χ1) is 8.88. The minimum absolute atomic E-state index is 0.231. The Labute approximate surface area is 118 Å². The van der Waals surface area contributed by atoms with Crippen LogP contribution < -0.4 is 10.2 Å². The normalized spacial score (nSPS) is 19.7. The van der Waals surface area contributed by atoms with E-state index in [-0.39, 0.29) is 5.41 Å². The Morgan fingerprint density at radius 2 is 2.05 bits per heavy atom. The molecule has 19 heavy (non-hydrogen) atoms. The van der Waals surface area contributed by atoms with Gasteiger partial charge in [-0.05, 0) is 48.9 Å². The van der Waals surface area contributed by atoms with E-state index in [2.05, 4.69) is 63.2 Å². The minimum Gasteiger partial charge on any atom is -0.373 e. The quantitative estimate of drug-likeness (QED) is 0.895. The van der Waals surface area contributed by atoms with Crippen molar-refractivity contribution in [3.8, 4) is 0 Å². The average molecular weight is 260 g/mol. The highest BCUT2D eigenvalue weighted by Gasteiger charge is 2.18. The summed E-state index contributed by atoms with van der Waals surface area (Å²) in [6, 6.07) is 7.56. The number of likely N-dealkylation sites (N-methyl/N-ethyl adjacent to an activating group) is 1. The van der Waals surface area contributed by atoms with Gasteiger partial charge in [0.25, 0.3) is 0 Å². The molecular weight excluding hydrogens is 232 g/mol. The van der Waals surface area contributed by atoms with Gasteiger partial charge in [0.05, 0.1) is 0 Å². The number of hydrogen-bond donors (Lipinski definition) is 1. The van der Waals surface area contributed by atoms with Gasteiger partial charge >= 0.3 is 0 Å². The predicted molar refractivity (Wildman–Crippen MR) is 84.2 cm³/mol. The molecule has 1 aliphatic rings. The number of rotatable bonds is 3. The molecule has 106 valence electrons. The van der Waals surface area contributed by atoms with E-state index in [0.717, 1.165) is 6.54 Å². The van der Waals surface area contributed by atoms with Gasteiger partial charge in [0.2, 0.25) is 0 Å². The van der Waals surface area contributed by atoms with Crippen molar-refractivity contribution in [3.63, 3.8) is 0 Å². The van der Waals surface area contributed by atoms with Gasteiger partial charge in [-0.15, -0.1) is 0 Å². The Hall–Kier alpha value is -1.02. The zero-order chi connectivity index (χ0) is 14.0. The van der Waals surface area contributed by atoms with Crippen LogP contribution >= 0.6 is 0 Å². The molecule has 0 saturated carbocycles. The van der Waals surface area contributed by atoms with Gasteiger partial charge < -0.3 is 10.2 Å². The maximum atomic E-state index is 3.57. The summed E-state index contributed by atoms with van der Waals surface area (Å²) in [4.78, 5) is 2.39. The van der Waals surface area contributed by atoms with Crippen LogP contribution in [0.1, 0.15) is 44.7 Å². The van der Waals surface area contributed by atoms with E-state index in [4.69, 9.17) is 0 Å². The Bertz CT molecular complexity index is 425. The molecule has 1 unspecified atom stereocenters. The largest absolute Gasteiger partial charge is 0.373 e. The molecular formula is C17H28N2. The smallest absolute Gasteiger partial charge is 0.0394 e. The number of anilines is 1. The van der Waals surface area contributed by atoms with Crippen molar-refractivity contribution in [1.82, 2.24) is 5.32 Å². The fourth-order valence-corrected chi connectivity index (χ4v) is 2.89. The monoisotopic (exact) mass is 260 g/mol. The predicted octanol–water partition coefficient (Wildman–Crippen LogP) is 3.48. The van der Waals surface area contributed by atoms with E-state index in [1.807, 2.05) is 0 Å². The Balaban J connectivity index is 2.11. The van der Waals surface area contributed by atoms with E-state index in [1.54, 1.807) is 0 Å². The third kappa shape index (κ3) is 3.50. The molecule has 1 saturated heterocycles. The lowest BCUT2D eigenvalue weighted by molar-refractivity contribution is 0.587. The van der Waals surface area contributed by atoms with Crippen molar-refractivity contribution in [1.29, 1.82) is 0 Å². The molecule has 1 aromatic carbocycles. The van der Waals surface area contributed by atoms with E-state index < -0.39 is 0 Å². The topological polar surface area (TPSA) is 15.3 Å². The number of aryl methyl sites for hydroxylation is 1. The van der Waals surface area contributed by atoms with Crippen LogP contribution in [0.4, 0.5) is 5.69 Å². The summed E-state index contributed by atoms with van der Waals surface area (Å²) < 4.78 is 0. The molecule has 0 amide bonds. The molecule has 1 atom stereocenters. The highest BCUT2D eigenvalue weighted by molar-refractivity contribution is 5.54. The number of hydrogen-bond acceptors (Lipinski definition) is 2. The Kier molecular flexibility index (Phi) is 4.19. The molecule has 0 aliphatic carbocycles. The lowest BCUT2D eigenvalue weighted by atomic mass is 9.86. The number of nitrogens with one attached hydrogen (secondary N) is 1. The zero-order valence-electron chi connectivity index (χ0n) is 13.1. The Morgan fingerprint density at radius 1 is 1.32 bits per heavy atom. The van der Waals surface area contributed by atoms with Crippen molar-refractivity contribution < 1.29 is 0 Å². The fraction of sp³-hybridized carbons (Fsp3) is 0.647. The molecule has 1 fully saturated rings. The van der Waals surface area contributed by atoms with E-state index >= 15 is 0 Å². The fourth-order valence-electron chi connectivity index (χ4n) is 2.89. The summed E-state index contributed by atoms with van der Waals surface area (Å²) in [5.74, 6) is 0. The lowest BCUT2D eigenvalue weighted by Crippen LogP contribution is -2.35. The molecule has 1 N–H and O–H groups in total. The van der Waals surface area contributed by atoms with Crippen LogP contribution in [0, 0.1) is 6.92 Å². The van der Waals surface area contributed by atoms with E-state index in [0.29, 0.717) is 6.04 Å². The van der Waals surface area contributed by atoms with Crippen LogP contribution in [0.5, 0.6) is 0 Å². The van der Waals surface area contributed by atoms with Crippen molar-refractivity contribution in [2.45, 2.75) is 52.0 Å². The van der Waals surface area contributed by atoms with Crippen LogP contribution in [0.25, 0.3) is 0 Å². The third-order valence-corrected chi connectivity index (χ3v) is 4.13. The summed E-state index contributed by atoms with van der Waals surface area (Å²) in [6.45, 7) is 11.3. The number of nitrogens with zero attached hydrogens (tertiary/aromatic N) is 1. The molecule has 2 rings (SSSR count). The van der Waals surface area contributed by atoms with Gasteiger partial charge in [-0.3, -0.25) is 0 Å². The number of benzene rings is 1. The first-order valence-electron chi connectivity index (χ1n) is 7.43.